The number of benzene rings is 3. The summed E-state index contributed by atoms with van der Waals surface area (Å²) < 4.78 is 28.2. The molecular formula is C26H23NO3S. The Labute approximate surface area is 182 Å². The van der Waals surface area contributed by atoms with Crippen molar-refractivity contribution in [1.29, 1.82) is 0 Å². The molecule has 0 saturated carbocycles. The summed E-state index contributed by atoms with van der Waals surface area (Å²) >= 11 is 0. The molecule has 4 aromatic rings. The van der Waals surface area contributed by atoms with E-state index < -0.39 is 10.0 Å². The van der Waals surface area contributed by atoms with E-state index in [0.717, 1.165) is 42.4 Å². The third kappa shape index (κ3) is 3.29. The monoisotopic (exact) mass is 429 g/mol. The lowest BCUT2D eigenvalue weighted by Crippen LogP contribution is -2.15. The minimum Gasteiger partial charge on any atom is -0.289 e. The number of carbonyl (C=O) groups excluding carboxylic acids is 1. The maximum Gasteiger partial charge on any atom is 0.268 e. The van der Waals surface area contributed by atoms with Crippen molar-refractivity contribution in [3.63, 3.8) is 0 Å². The Morgan fingerprint density at radius 3 is 2.35 bits per heavy atom. The molecule has 0 N–H and O–H groups in total. The topological polar surface area (TPSA) is 56.1 Å². The molecule has 5 rings (SSSR count). The van der Waals surface area contributed by atoms with E-state index in [9.17, 15) is 13.2 Å². The van der Waals surface area contributed by atoms with Crippen molar-refractivity contribution in [2.45, 2.75) is 37.5 Å². The van der Waals surface area contributed by atoms with Crippen LogP contribution in [0.3, 0.4) is 0 Å². The van der Waals surface area contributed by atoms with Crippen molar-refractivity contribution in [3.8, 4) is 0 Å². The molecular weight excluding hydrogens is 406 g/mol. The first kappa shape index (κ1) is 19.8. The maximum absolute atomic E-state index is 13.5. The highest BCUT2D eigenvalue weighted by atomic mass is 32.2. The molecule has 0 atom stereocenters. The lowest BCUT2D eigenvalue weighted by molar-refractivity contribution is 0.103. The Morgan fingerprint density at radius 2 is 1.61 bits per heavy atom. The Morgan fingerprint density at radius 1 is 0.903 bits per heavy atom. The molecule has 5 heteroatoms. The number of hydrogen-bond acceptors (Lipinski definition) is 3. The number of rotatable bonds is 4. The zero-order valence-electron chi connectivity index (χ0n) is 17.3. The van der Waals surface area contributed by atoms with E-state index in [2.05, 4.69) is 0 Å². The molecule has 0 aliphatic heterocycles. The Hall–Kier alpha value is -3.18. The van der Waals surface area contributed by atoms with Gasteiger partial charge < -0.3 is 0 Å². The molecule has 0 unspecified atom stereocenters. The highest BCUT2D eigenvalue weighted by Gasteiger charge is 2.26. The van der Waals surface area contributed by atoms with Gasteiger partial charge in [-0.1, -0.05) is 48.0 Å². The average molecular weight is 430 g/mol. The van der Waals surface area contributed by atoms with Crippen molar-refractivity contribution >= 4 is 26.7 Å². The summed E-state index contributed by atoms with van der Waals surface area (Å²) in [5.74, 6) is -0.0465. The molecule has 1 aromatic heterocycles. The van der Waals surface area contributed by atoms with Crippen LogP contribution in [0.4, 0.5) is 0 Å². The van der Waals surface area contributed by atoms with Crippen LogP contribution in [-0.2, 0) is 22.9 Å². The summed E-state index contributed by atoms with van der Waals surface area (Å²) in [5.41, 5.74) is 4.99. The van der Waals surface area contributed by atoms with Crippen LogP contribution in [0.1, 0.15) is 45.5 Å². The lowest BCUT2D eigenvalue weighted by Gasteiger charge is -2.21. The number of aryl methyl sites for hydroxylation is 2. The molecule has 1 aliphatic rings. The van der Waals surface area contributed by atoms with E-state index in [1.807, 2.05) is 43.3 Å². The summed E-state index contributed by atoms with van der Waals surface area (Å²) in [6.45, 7) is 1.93. The van der Waals surface area contributed by atoms with Crippen molar-refractivity contribution in [2.24, 2.45) is 0 Å². The zero-order valence-corrected chi connectivity index (χ0v) is 18.2. The molecule has 31 heavy (non-hydrogen) atoms. The van der Waals surface area contributed by atoms with Gasteiger partial charge in [0.1, 0.15) is 0 Å². The van der Waals surface area contributed by atoms with Crippen molar-refractivity contribution in [2.75, 3.05) is 0 Å². The number of carbonyl (C=O) groups is 1. The van der Waals surface area contributed by atoms with Gasteiger partial charge in [-0.05, 0) is 68.0 Å². The molecule has 3 aromatic carbocycles. The highest BCUT2D eigenvalue weighted by molar-refractivity contribution is 7.90. The second kappa shape index (κ2) is 7.50. The van der Waals surface area contributed by atoms with E-state index in [4.69, 9.17) is 0 Å². The van der Waals surface area contributed by atoms with Gasteiger partial charge in [0.15, 0.2) is 5.78 Å². The zero-order chi connectivity index (χ0) is 21.6. The van der Waals surface area contributed by atoms with Crippen LogP contribution in [0.2, 0.25) is 0 Å². The van der Waals surface area contributed by atoms with Crippen LogP contribution in [0, 0.1) is 6.92 Å². The van der Waals surface area contributed by atoms with Crippen LogP contribution in [0.25, 0.3) is 10.9 Å². The summed E-state index contributed by atoms with van der Waals surface area (Å²) in [5, 5.41) is 0.699. The molecule has 1 heterocycles. The van der Waals surface area contributed by atoms with Gasteiger partial charge in [0, 0.05) is 22.7 Å². The fraction of sp³-hybridized carbons (Fsp3) is 0.192. The summed E-state index contributed by atoms with van der Waals surface area (Å²) in [4.78, 5) is 13.8. The molecule has 1 aliphatic carbocycles. The van der Waals surface area contributed by atoms with Crippen molar-refractivity contribution < 1.29 is 13.2 Å². The van der Waals surface area contributed by atoms with Gasteiger partial charge in [-0.3, -0.25) is 4.79 Å². The first-order valence-electron chi connectivity index (χ1n) is 10.5. The minimum atomic E-state index is -3.77. The van der Waals surface area contributed by atoms with Gasteiger partial charge in [-0.25, -0.2) is 12.4 Å². The quantitative estimate of drug-likeness (QED) is 0.414. The molecule has 0 bridgehead atoms. The van der Waals surface area contributed by atoms with Crippen LogP contribution in [-0.4, -0.2) is 18.2 Å². The second-order valence-electron chi connectivity index (χ2n) is 8.15. The van der Waals surface area contributed by atoms with Crippen LogP contribution in [0.5, 0.6) is 0 Å². The van der Waals surface area contributed by atoms with Crippen molar-refractivity contribution in [1.82, 2.24) is 3.97 Å². The summed E-state index contributed by atoms with van der Waals surface area (Å²) in [7, 11) is -3.77. The van der Waals surface area contributed by atoms with Gasteiger partial charge in [-0.2, -0.15) is 0 Å². The van der Waals surface area contributed by atoms with E-state index in [-0.39, 0.29) is 10.7 Å². The standard InChI is InChI=1S/C26H23NO3S/c1-18-11-13-21(14-12-18)31(29,30)27-16-15-23-24(27)17-20-9-5-6-10-22(20)25(23)26(28)19-7-3-2-4-8-19/h2-4,7-8,11-17H,5-6,9-10H2,1H3. The Kier molecular flexibility index (Phi) is 4.78. The predicted octanol–water partition coefficient (Wildman–Crippen LogP) is 5.30. The first-order valence-corrected chi connectivity index (χ1v) is 12.0. The van der Waals surface area contributed by atoms with E-state index in [1.165, 1.54) is 3.97 Å². The number of fused-ring (bicyclic) bond motifs is 2. The van der Waals surface area contributed by atoms with Gasteiger partial charge in [0.05, 0.1) is 10.4 Å². The van der Waals surface area contributed by atoms with Crippen LogP contribution >= 0.6 is 0 Å². The number of nitrogens with zero attached hydrogens (tertiary/aromatic N) is 1. The third-order valence-corrected chi connectivity index (χ3v) is 7.83. The fourth-order valence-corrected chi connectivity index (χ4v) is 5.85. The highest BCUT2D eigenvalue weighted by Crippen LogP contribution is 2.35. The minimum absolute atomic E-state index is 0.0465. The lowest BCUT2D eigenvalue weighted by atomic mass is 9.84. The second-order valence-corrected chi connectivity index (χ2v) is 9.97. The number of ketones is 1. The average Bonchev–Trinajstić information content (AvgIpc) is 3.22. The summed E-state index contributed by atoms with van der Waals surface area (Å²) in [6, 6.07) is 19.8. The Balaban J connectivity index is 1.76. The Bertz CT molecular complexity index is 1400. The van der Waals surface area contributed by atoms with Gasteiger partial charge in [-0.15, -0.1) is 0 Å². The number of hydrogen-bond donors (Lipinski definition) is 0. The normalized spacial score (nSPS) is 13.8. The summed E-state index contributed by atoms with van der Waals surface area (Å²) in [6.07, 6.45) is 5.36. The molecule has 0 radical (unpaired) electrons. The van der Waals surface area contributed by atoms with Crippen LogP contribution < -0.4 is 0 Å². The molecule has 0 spiro atoms. The molecule has 0 saturated heterocycles. The first-order chi connectivity index (χ1) is 15.0. The molecule has 0 fully saturated rings. The predicted molar refractivity (Wildman–Crippen MR) is 122 cm³/mol. The van der Waals surface area contributed by atoms with Crippen molar-refractivity contribution in [3.05, 3.63) is 101 Å². The number of aromatic nitrogens is 1. The maximum atomic E-state index is 13.5. The smallest absolute Gasteiger partial charge is 0.268 e. The van der Waals surface area contributed by atoms with E-state index in [1.54, 1.807) is 36.5 Å². The van der Waals surface area contributed by atoms with E-state index >= 15 is 0 Å². The SMILES string of the molecule is Cc1ccc(S(=O)(=O)n2ccc3c(C(=O)c4ccccc4)c4c(cc32)CCCC4)cc1. The fourth-order valence-electron chi connectivity index (χ4n) is 4.51. The van der Waals surface area contributed by atoms with Gasteiger partial charge in [0.25, 0.3) is 10.0 Å². The largest absolute Gasteiger partial charge is 0.289 e. The molecule has 0 amide bonds. The van der Waals surface area contributed by atoms with Gasteiger partial charge >= 0.3 is 0 Å². The third-order valence-electron chi connectivity index (χ3n) is 6.12. The molecule has 4 nitrogen and oxygen atoms in total. The van der Waals surface area contributed by atoms with Gasteiger partial charge in [0.2, 0.25) is 0 Å². The van der Waals surface area contributed by atoms with Crippen LogP contribution in [0.15, 0.2) is 77.8 Å². The molecule has 156 valence electrons. The van der Waals surface area contributed by atoms with E-state index in [0.29, 0.717) is 22.0 Å².